The number of phenols is 2. The second-order valence-electron chi connectivity index (χ2n) is 17.4. The van der Waals surface area contributed by atoms with Crippen molar-refractivity contribution in [1.29, 1.82) is 0 Å². The highest BCUT2D eigenvalue weighted by atomic mass is 16.7. The molecule has 1 aliphatic heterocycles. The number of aliphatic hydroxyl groups excluding tert-OH is 2. The number of carbonyl (C=O) groups excluding carboxylic acids is 5. The van der Waals surface area contributed by atoms with E-state index in [9.17, 15) is 49.5 Å². The van der Waals surface area contributed by atoms with Crippen LogP contribution in [0.2, 0.25) is 0 Å². The number of alkyl carbamates (subject to hydrolysis) is 1. The van der Waals surface area contributed by atoms with Crippen LogP contribution in [0.4, 0.5) is 4.79 Å². The fraction of sp³-hybridized carbons (Fsp3) is 0.580. The van der Waals surface area contributed by atoms with Gasteiger partial charge in [-0.05, 0) is 57.9 Å². The van der Waals surface area contributed by atoms with Gasteiger partial charge >= 0.3 is 6.09 Å². The number of Topliss-reactive ketones (excluding diaryl/α,β-unsaturated/α-hetero) is 1. The average molecular weight is 921 g/mol. The lowest BCUT2D eigenvalue weighted by atomic mass is 9.72. The zero-order chi connectivity index (χ0) is 47.8. The van der Waals surface area contributed by atoms with Gasteiger partial charge in [0, 0.05) is 48.9 Å². The van der Waals surface area contributed by atoms with Crippen molar-refractivity contribution < 1.29 is 68.5 Å². The van der Waals surface area contributed by atoms with Crippen molar-refractivity contribution >= 4 is 29.4 Å². The zero-order valence-corrected chi connectivity index (χ0v) is 38.5. The number of aliphatic hydroxyl groups is 3. The Labute approximate surface area is 386 Å². The number of unbranched alkanes of at least 4 members (excludes halogenated alkanes) is 9. The van der Waals surface area contributed by atoms with Crippen LogP contribution in [0.3, 0.4) is 0 Å². The van der Waals surface area contributed by atoms with Gasteiger partial charge in [0.15, 0.2) is 17.9 Å². The number of ketones is 3. The molecule has 0 aromatic heterocycles. The van der Waals surface area contributed by atoms with Crippen molar-refractivity contribution in [3.63, 3.8) is 0 Å². The van der Waals surface area contributed by atoms with Crippen LogP contribution in [0.5, 0.6) is 17.2 Å². The Balaban J connectivity index is 1.08. The van der Waals surface area contributed by atoms with Crippen molar-refractivity contribution in [2.75, 3.05) is 26.9 Å². The summed E-state index contributed by atoms with van der Waals surface area (Å²) in [5.74, 6) is -4.49. The molecule has 1 heterocycles. The number of aromatic hydroxyl groups is 2. The van der Waals surface area contributed by atoms with Crippen LogP contribution in [0, 0.1) is 0 Å². The number of hydrogen-bond acceptors (Lipinski definition) is 14. The van der Waals surface area contributed by atoms with E-state index >= 15 is 0 Å². The molecule has 0 spiro atoms. The number of hydrogen-bond donors (Lipinski definition) is 7. The minimum absolute atomic E-state index is 0.00144. The number of rotatable bonds is 25. The number of nitrogens with one attached hydrogen (secondary N) is 2. The molecule has 2 aromatic carbocycles. The molecule has 2 amide bonds. The van der Waals surface area contributed by atoms with Crippen LogP contribution < -0.4 is 15.4 Å². The molecule has 66 heavy (non-hydrogen) atoms. The normalized spacial score (nSPS) is 22.5. The van der Waals surface area contributed by atoms with E-state index in [0.29, 0.717) is 6.61 Å². The largest absolute Gasteiger partial charge is 0.507 e. The Hall–Kier alpha value is -5.13. The molecule has 1 saturated heterocycles. The van der Waals surface area contributed by atoms with Gasteiger partial charge in [-0.1, -0.05) is 81.9 Å². The highest BCUT2D eigenvalue weighted by Crippen LogP contribution is 2.52. The maximum Gasteiger partial charge on any atom is 0.407 e. The standard InChI is InChI=1S/C50H68N2O14/c1-4-5-6-7-8-9-10-11-12-13-14-15-16-17-18-19-26-64-49(61)51-25-21-24-38(55)52-34-27-39(65-31(2)44(34)56)66-36-29-50(62,37(54)30-53)28-33-41(36)48(60)43-42(46(33)58)45(57)32-22-20-23-35(63-3)40(32)47(43)59/h8-9,11-12,20,22-23,31,34,36,39,44,53,56,58,60,62H,4-7,10,13-19,21,24-30H2,1-3H3,(H,51,61)(H,52,55)/b9-8-,12-11-/t31-,34-,36-,39-,44+,50-/m0/s1. The first kappa shape index (κ1) is 51.8. The van der Waals surface area contributed by atoms with E-state index in [2.05, 4.69) is 41.9 Å². The molecule has 0 radical (unpaired) electrons. The predicted molar refractivity (Wildman–Crippen MR) is 244 cm³/mol. The Morgan fingerprint density at radius 1 is 0.894 bits per heavy atom. The monoisotopic (exact) mass is 920 g/mol. The summed E-state index contributed by atoms with van der Waals surface area (Å²) in [5, 5.41) is 61.2. The van der Waals surface area contributed by atoms with Crippen molar-refractivity contribution in [3.05, 3.63) is 75.9 Å². The van der Waals surface area contributed by atoms with Crippen LogP contribution in [-0.4, -0.2) is 112 Å². The van der Waals surface area contributed by atoms with Gasteiger partial charge in [-0.3, -0.25) is 19.2 Å². The molecule has 2 aromatic rings. The van der Waals surface area contributed by atoms with E-state index in [4.69, 9.17) is 18.9 Å². The maximum atomic E-state index is 14.0. The summed E-state index contributed by atoms with van der Waals surface area (Å²) in [6.07, 6.45) is 15.9. The smallest absolute Gasteiger partial charge is 0.407 e. The summed E-state index contributed by atoms with van der Waals surface area (Å²) >= 11 is 0. The first-order valence-corrected chi connectivity index (χ1v) is 23.5. The number of ether oxygens (including phenoxy) is 4. The molecule has 16 heteroatoms. The molecule has 6 atom stereocenters. The van der Waals surface area contributed by atoms with Gasteiger partial charge in [0.2, 0.25) is 11.7 Å². The minimum Gasteiger partial charge on any atom is -0.507 e. The number of fused-ring (bicyclic) bond motifs is 3. The second-order valence-corrected chi connectivity index (χ2v) is 17.4. The SMILES string of the molecule is CCCCC/C=C\C/C=C\CCCCCCCCOC(=O)NCCCC(=O)N[C@H]1C[C@H](O[C@H]2C[C@](O)(C(=O)CO)Cc3c(O)c4c(c(O)c32)C(=O)c2c(OC)cccc2C4=O)O[C@@H](C)[C@H]1O. The van der Waals surface area contributed by atoms with Crippen LogP contribution in [-0.2, 0) is 30.2 Å². The van der Waals surface area contributed by atoms with Gasteiger partial charge in [0.1, 0.15) is 35.6 Å². The molecule has 1 fully saturated rings. The lowest BCUT2D eigenvalue weighted by Gasteiger charge is -2.43. The van der Waals surface area contributed by atoms with Gasteiger partial charge in [-0.15, -0.1) is 0 Å². The molecule has 5 rings (SSSR count). The van der Waals surface area contributed by atoms with Crippen molar-refractivity contribution in [1.82, 2.24) is 10.6 Å². The Kier molecular flexibility index (Phi) is 19.7. The third-order valence-electron chi connectivity index (χ3n) is 12.5. The predicted octanol–water partition coefficient (Wildman–Crippen LogP) is 6.48. The fourth-order valence-corrected chi connectivity index (χ4v) is 8.88. The summed E-state index contributed by atoms with van der Waals surface area (Å²) in [5.41, 5.74) is -4.04. The van der Waals surface area contributed by atoms with E-state index in [1.165, 1.54) is 63.8 Å². The van der Waals surface area contributed by atoms with E-state index in [1.54, 1.807) is 6.92 Å². The number of methoxy groups -OCH3 is 1. The number of phenolic OH excluding ortho intramolecular Hbond substituents is 2. The molecule has 7 N–H and O–H groups in total. The molecule has 362 valence electrons. The first-order valence-electron chi connectivity index (χ1n) is 23.5. The Morgan fingerprint density at radius 3 is 2.27 bits per heavy atom. The number of benzene rings is 2. The summed E-state index contributed by atoms with van der Waals surface area (Å²) in [4.78, 5) is 66.0. The van der Waals surface area contributed by atoms with Gasteiger partial charge in [0.05, 0.1) is 48.7 Å². The average Bonchev–Trinajstić information content (AvgIpc) is 3.30. The number of allylic oxidation sites excluding steroid dienone is 4. The third kappa shape index (κ3) is 13.1. The van der Waals surface area contributed by atoms with Crippen molar-refractivity contribution in [3.8, 4) is 17.2 Å². The van der Waals surface area contributed by atoms with Crippen molar-refractivity contribution in [2.24, 2.45) is 0 Å². The van der Waals surface area contributed by atoms with Gasteiger partial charge in [0.25, 0.3) is 0 Å². The molecule has 0 saturated carbocycles. The summed E-state index contributed by atoms with van der Waals surface area (Å²) in [7, 11) is 1.31. The van der Waals surface area contributed by atoms with Crippen LogP contribution in [0.1, 0.15) is 166 Å². The van der Waals surface area contributed by atoms with Crippen LogP contribution in [0.15, 0.2) is 42.5 Å². The van der Waals surface area contributed by atoms with E-state index in [0.717, 1.165) is 38.5 Å². The van der Waals surface area contributed by atoms with E-state index in [-0.39, 0.29) is 53.8 Å². The van der Waals surface area contributed by atoms with Gasteiger partial charge in [-0.25, -0.2) is 4.79 Å². The van der Waals surface area contributed by atoms with Crippen LogP contribution in [0.25, 0.3) is 0 Å². The molecular formula is C50H68N2O14. The van der Waals surface area contributed by atoms with Crippen molar-refractivity contribution in [2.45, 2.75) is 159 Å². The molecule has 0 bridgehead atoms. The molecular weight excluding hydrogens is 853 g/mol. The molecule has 16 nitrogen and oxygen atoms in total. The highest BCUT2D eigenvalue weighted by Gasteiger charge is 2.50. The second kappa shape index (κ2) is 25.1. The minimum atomic E-state index is -2.34. The zero-order valence-electron chi connectivity index (χ0n) is 38.5. The highest BCUT2D eigenvalue weighted by molar-refractivity contribution is 6.31. The third-order valence-corrected chi connectivity index (χ3v) is 12.5. The summed E-state index contributed by atoms with van der Waals surface area (Å²) in [6, 6.07) is 3.41. The number of carbonyl (C=O) groups is 5. The number of amides is 2. The molecule has 0 unspecified atom stereocenters. The van der Waals surface area contributed by atoms with Crippen LogP contribution >= 0.6 is 0 Å². The van der Waals surface area contributed by atoms with E-state index in [1.807, 2.05) is 0 Å². The maximum absolute atomic E-state index is 14.0. The fourth-order valence-electron chi connectivity index (χ4n) is 8.88. The lowest BCUT2D eigenvalue weighted by molar-refractivity contribution is -0.249. The summed E-state index contributed by atoms with van der Waals surface area (Å²) in [6.45, 7) is 3.16. The Morgan fingerprint density at radius 2 is 1.58 bits per heavy atom. The van der Waals surface area contributed by atoms with Gasteiger partial charge < -0.3 is 55.1 Å². The molecule has 2 aliphatic carbocycles. The quantitative estimate of drug-likeness (QED) is 0.0273. The van der Waals surface area contributed by atoms with Gasteiger partial charge in [-0.2, -0.15) is 0 Å². The Bertz CT molecular complexity index is 2080. The lowest BCUT2D eigenvalue weighted by Crippen LogP contribution is -2.55. The first-order chi connectivity index (χ1) is 31.8. The topological polar surface area (TPSA) is 247 Å². The summed E-state index contributed by atoms with van der Waals surface area (Å²) < 4.78 is 22.8. The molecule has 3 aliphatic rings. The van der Waals surface area contributed by atoms with E-state index < -0.39 is 108 Å².